The molecule has 7 heteroatoms. The van der Waals surface area contributed by atoms with E-state index in [0.717, 1.165) is 42.2 Å². The molecule has 2 aromatic heterocycles. The van der Waals surface area contributed by atoms with Crippen molar-refractivity contribution < 1.29 is 4.79 Å². The van der Waals surface area contributed by atoms with Crippen LogP contribution in [0.25, 0.3) is 0 Å². The number of anilines is 1. The molecule has 2 N–H and O–H groups in total. The van der Waals surface area contributed by atoms with Crippen molar-refractivity contribution in [2.75, 3.05) is 18.4 Å². The second-order valence-electron chi connectivity index (χ2n) is 6.69. The number of aryl methyl sites for hydroxylation is 4. The van der Waals surface area contributed by atoms with Gasteiger partial charge >= 0.3 is 0 Å². The fourth-order valence-electron chi connectivity index (χ4n) is 3.71. The fourth-order valence-corrected chi connectivity index (χ4v) is 3.71. The molecule has 3 rings (SSSR count). The van der Waals surface area contributed by atoms with Crippen molar-refractivity contribution in [3.63, 3.8) is 0 Å². The van der Waals surface area contributed by atoms with Crippen LogP contribution in [0.15, 0.2) is 0 Å². The number of carbonyl (C=O) groups excluding carboxylic acids is 1. The smallest absolute Gasteiger partial charge is 0.238 e. The molecule has 3 heterocycles. The summed E-state index contributed by atoms with van der Waals surface area (Å²) in [4.78, 5) is 14.8. The zero-order valence-electron chi connectivity index (χ0n) is 15.1. The van der Waals surface area contributed by atoms with Gasteiger partial charge in [0.05, 0.1) is 29.3 Å². The molecule has 130 valence electrons. The first-order valence-electron chi connectivity index (χ1n) is 8.44. The summed E-state index contributed by atoms with van der Waals surface area (Å²) in [6, 6.07) is 0.274. The van der Waals surface area contributed by atoms with E-state index in [1.807, 2.05) is 25.6 Å². The Morgan fingerprint density at radius 3 is 2.62 bits per heavy atom. The molecule has 1 aliphatic heterocycles. The molecule has 0 bridgehead atoms. The van der Waals surface area contributed by atoms with Crippen LogP contribution in [0.2, 0.25) is 0 Å². The lowest BCUT2D eigenvalue weighted by molar-refractivity contribution is -0.117. The molecular weight excluding hydrogens is 304 g/mol. The van der Waals surface area contributed by atoms with Gasteiger partial charge in [-0.05, 0) is 47.1 Å². The van der Waals surface area contributed by atoms with Crippen LogP contribution < -0.4 is 5.32 Å². The van der Waals surface area contributed by atoms with Gasteiger partial charge in [0.2, 0.25) is 5.91 Å². The third-order valence-electron chi connectivity index (χ3n) is 5.00. The number of nitrogens with one attached hydrogen (secondary N) is 2. The van der Waals surface area contributed by atoms with E-state index in [2.05, 4.69) is 39.4 Å². The molecule has 1 saturated heterocycles. The Bertz CT molecular complexity index is 740. The van der Waals surface area contributed by atoms with Crippen LogP contribution in [0.1, 0.15) is 47.2 Å². The van der Waals surface area contributed by atoms with E-state index in [-0.39, 0.29) is 11.9 Å². The number of rotatable bonds is 4. The predicted octanol–water partition coefficient (Wildman–Crippen LogP) is 2.15. The zero-order chi connectivity index (χ0) is 17.4. The average Bonchev–Trinajstić information content (AvgIpc) is 3.15. The Morgan fingerprint density at radius 1 is 1.29 bits per heavy atom. The predicted molar refractivity (Wildman–Crippen MR) is 92.9 cm³/mol. The monoisotopic (exact) mass is 330 g/mol. The SMILES string of the molecule is Cc1n[nH]c(C)c1NC(=O)CN1CCC[C@@H]1c1c(C)nn(C)c1C. The van der Waals surface area contributed by atoms with Gasteiger partial charge in [-0.2, -0.15) is 10.2 Å². The molecule has 1 aliphatic rings. The molecule has 0 radical (unpaired) electrons. The Labute approximate surface area is 142 Å². The number of aromatic nitrogens is 4. The van der Waals surface area contributed by atoms with E-state index < -0.39 is 0 Å². The number of amides is 1. The molecule has 0 aliphatic carbocycles. The third kappa shape index (κ3) is 2.96. The zero-order valence-corrected chi connectivity index (χ0v) is 15.1. The van der Waals surface area contributed by atoms with Crippen molar-refractivity contribution in [2.45, 2.75) is 46.6 Å². The summed E-state index contributed by atoms with van der Waals surface area (Å²) in [6.45, 7) is 9.29. The summed E-state index contributed by atoms with van der Waals surface area (Å²) in [7, 11) is 1.97. The molecule has 2 aromatic rings. The molecule has 0 unspecified atom stereocenters. The van der Waals surface area contributed by atoms with E-state index in [0.29, 0.717) is 6.54 Å². The molecule has 0 aromatic carbocycles. The first kappa shape index (κ1) is 16.7. The maximum absolute atomic E-state index is 12.5. The lowest BCUT2D eigenvalue weighted by Gasteiger charge is -2.24. The highest BCUT2D eigenvalue weighted by atomic mass is 16.2. The maximum Gasteiger partial charge on any atom is 0.238 e. The summed E-state index contributed by atoms with van der Waals surface area (Å²) < 4.78 is 1.93. The van der Waals surface area contributed by atoms with Crippen LogP contribution in [0.3, 0.4) is 0 Å². The van der Waals surface area contributed by atoms with Gasteiger partial charge in [-0.1, -0.05) is 0 Å². The Morgan fingerprint density at radius 2 is 2.04 bits per heavy atom. The van der Waals surface area contributed by atoms with Crippen LogP contribution in [-0.2, 0) is 11.8 Å². The molecule has 7 nitrogen and oxygen atoms in total. The minimum atomic E-state index is 0.00805. The molecule has 1 atom stereocenters. The van der Waals surface area contributed by atoms with E-state index in [1.165, 1.54) is 11.3 Å². The van der Waals surface area contributed by atoms with Crippen LogP contribution in [0.5, 0.6) is 0 Å². The van der Waals surface area contributed by atoms with Crippen molar-refractivity contribution in [1.29, 1.82) is 0 Å². The van der Waals surface area contributed by atoms with Crippen molar-refractivity contribution in [3.05, 3.63) is 28.3 Å². The number of nitrogens with zero attached hydrogens (tertiary/aromatic N) is 4. The quantitative estimate of drug-likeness (QED) is 0.900. The van der Waals surface area contributed by atoms with Crippen LogP contribution in [0.4, 0.5) is 5.69 Å². The first-order valence-corrected chi connectivity index (χ1v) is 8.44. The van der Waals surface area contributed by atoms with Gasteiger partial charge in [0.15, 0.2) is 0 Å². The molecule has 1 amide bonds. The van der Waals surface area contributed by atoms with Crippen LogP contribution in [-0.4, -0.2) is 43.9 Å². The summed E-state index contributed by atoms with van der Waals surface area (Å²) in [5.41, 5.74) is 6.03. The van der Waals surface area contributed by atoms with Crippen LogP contribution in [0, 0.1) is 27.7 Å². The molecule has 0 saturated carbocycles. The Kier molecular flexibility index (Phi) is 4.45. The van der Waals surface area contributed by atoms with Gasteiger partial charge in [-0.15, -0.1) is 0 Å². The lowest BCUT2D eigenvalue weighted by atomic mass is 10.0. The number of hydrogen-bond acceptors (Lipinski definition) is 4. The number of carbonyl (C=O) groups is 1. The van der Waals surface area contributed by atoms with Gasteiger partial charge < -0.3 is 5.32 Å². The number of hydrogen-bond donors (Lipinski definition) is 2. The molecular formula is C17H26N6O. The number of H-pyrrole nitrogens is 1. The van der Waals surface area contributed by atoms with Crippen LogP contribution >= 0.6 is 0 Å². The highest BCUT2D eigenvalue weighted by molar-refractivity contribution is 5.93. The second kappa shape index (κ2) is 6.39. The van der Waals surface area contributed by atoms with E-state index in [1.54, 1.807) is 0 Å². The minimum Gasteiger partial charge on any atom is -0.322 e. The summed E-state index contributed by atoms with van der Waals surface area (Å²) in [5.74, 6) is 0.00805. The Hall–Kier alpha value is -2.15. The second-order valence-corrected chi connectivity index (χ2v) is 6.69. The van der Waals surface area contributed by atoms with Crippen molar-refractivity contribution >= 4 is 11.6 Å². The molecule has 0 spiro atoms. The fraction of sp³-hybridized carbons (Fsp3) is 0.588. The van der Waals surface area contributed by atoms with Gasteiger partial charge in [0.25, 0.3) is 0 Å². The summed E-state index contributed by atoms with van der Waals surface area (Å²) >= 11 is 0. The lowest BCUT2D eigenvalue weighted by Crippen LogP contribution is -2.33. The van der Waals surface area contributed by atoms with Crippen molar-refractivity contribution in [3.8, 4) is 0 Å². The summed E-state index contributed by atoms with van der Waals surface area (Å²) in [5, 5.41) is 14.6. The topological polar surface area (TPSA) is 78.8 Å². The largest absolute Gasteiger partial charge is 0.322 e. The maximum atomic E-state index is 12.5. The first-order chi connectivity index (χ1) is 11.4. The average molecular weight is 330 g/mol. The Balaban J connectivity index is 1.73. The minimum absolute atomic E-state index is 0.00805. The number of aromatic amines is 1. The number of likely N-dealkylation sites (tertiary alicyclic amines) is 1. The van der Waals surface area contributed by atoms with Gasteiger partial charge in [-0.25, -0.2) is 0 Å². The normalized spacial score (nSPS) is 18.3. The van der Waals surface area contributed by atoms with Gasteiger partial charge in [0.1, 0.15) is 0 Å². The van der Waals surface area contributed by atoms with E-state index in [4.69, 9.17) is 0 Å². The van der Waals surface area contributed by atoms with Gasteiger partial charge in [0, 0.05) is 24.3 Å². The van der Waals surface area contributed by atoms with Crippen molar-refractivity contribution in [1.82, 2.24) is 24.9 Å². The summed E-state index contributed by atoms with van der Waals surface area (Å²) in [6.07, 6.45) is 2.18. The third-order valence-corrected chi connectivity index (χ3v) is 5.00. The highest BCUT2D eigenvalue weighted by Gasteiger charge is 2.31. The molecule has 24 heavy (non-hydrogen) atoms. The standard InChI is InChI=1S/C17H26N6O/c1-10-16(13(4)22(5)21-10)14-7-6-8-23(14)9-15(24)18-17-11(2)19-20-12(17)3/h14H,6-9H2,1-5H3,(H,18,24)(H,19,20)/t14-/m1/s1. The van der Waals surface area contributed by atoms with E-state index >= 15 is 0 Å². The van der Waals surface area contributed by atoms with Crippen molar-refractivity contribution in [2.24, 2.45) is 7.05 Å². The highest BCUT2D eigenvalue weighted by Crippen LogP contribution is 2.35. The van der Waals surface area contributed by atoms with Gasteiger partial charge in [-0.3, -0.25) is 19.5 Å². The molecule has 1 fully saturated rings. The van der Waals surface area contributed by atoms with E-state index in [9.17, 15) is 4.79 Å².